The lowest BCUT2D eigenvalue weighted by atomic mass is 10.0. The topological polar surface area (TPSA) is 54.0 Å². The predicted octanol–water partition coefficient (Wildman–Crippen LogP) is 2.27. The molecular formula is C20H29N3O3. The number of fused-ring (bicyclic) bond motifs is 1. The summed E-state index contributed by atoms with van der Waals surface area (Å²) in [5.41, 5.74) is 1.09. The van der Waals surface area contributed by atoms with Crippen molar-refractivity contribution in [1.29, 1.82) is 0 Å². The van der Waals surface area contributed by atoms with Gasteiger partial charge in [-0.25, -0.2) is 4.79 Å². The summed E-state index contributed by atoms with van der Waals surface area (Å²) in [5.74, 6) is 1.57. The third kappa shape index (κ3) is 3.61. The third-order valence-corrected chi connectivity index (χ3v) is 5.95. The lowest BCUT2D eigenvalue weighted by molar-refractivity contribution is 0.106. The van der Waals surface area contributed by atoms with Crippen LogP contribution in [0.5, 0.6) is 11.5 Å². The number of hydrogen-bond acceptors (Lipinski definition) is 4. The van der Waals surface area contributed by atoms with E-state index in [2.05, 4.69) is 10.2 Å². The molecule has 2 heterocycles. The van der Waals surface area contributed by atoms with Crippen LogP contribution in [-0.4, -0.2) is 67.8 Å². The fourth-order valence-electron chi connectivity index (χ4n) is 4.47. The Hall–Kier alpha value is -1.95. The van der Waals surface area contributed by atoms with E-state index in [0.29, 0.717) is 6.61 Å². The highest BCUT2D eigenvalue weighted by Gasteiger charge is 2.30. The predicted molar refractivity (Wildman–Crippen MR) is 99.9 cm³/mol. The van der Waals surface area contributed by atoms with E-state index < -0.39 is 0 Å². The molecule has 142 valence electrons. The number of methoxy groups -OCH3 is 1. The molecule has 0 radical (unpaired) electrons. The largest absolute Gasteiger partial charge is 0.493 e. The number of nitrogens with zero attached hydrogens (tertiary/aromatic N) is 2. The molecule has 6 nitrogen and oxygen atoms in total. The molecule has 2 aliphatic heterocycles. The first-order chi connectivity index (χ1) is 12.7. The molecule has 6 heteroatoms. The van der Waals surface area contributed by atoms with Crippen LogP contribution in [0.1, 0.15) is 31.2 Å². The van der Waals surface area contributed by atoms with Crippen LogP contribution in [0.3, 0.4) is 0 Å². The molecule has 1 saturated carbocycles. The van der Waals surface area contributed by atoms with Crippen LogP contribution < -0.4 is 14.8 Å². The van der Waals surface area contributed by atoms with Crippen LogP contribution in [0.25, 0.3) is 0 Å². The van der Waals surface area contributed by atoms with Crippen molar-refractivity contribution in [2.45, 2.75) is 44.2 Å². The molecule has 1 aromatic carbocycles. The first-order valence-corrected chi connectivity index (χ1v) is 9.83. The van der Waals surface area contributed by atoms with Gasteiger partial charge in [-0.3, -0.25) is 4.90 Å². The highest BCUT2D eigenvalue weighted by atomic mass is 16.5. The standard InChI is InChI=1S/C20H29N3O3/c1-25-18-8-4-5-15-13-16(14-26-19(15)18)21-20(24)23-11-9-22(10-12-23)17-6-2-3-7-17/h4-5,8,16-17H,2-3,6-7,9-14H2,1H3,(H,21,24). The van der Waals surface area contributed by atoms with Crippen molar-refractivity contribution in [1.82, 2.24) is 15.1 Å². The van der Waals surface area contributed by atoms with Gasteiger partial charge in [0.1, 0.15) is 6.61 Å². The number of hydrogen-bond donors (Lipinski definition) is 1. The van der Waals surface area contributed by atoms with Crippen molar-refractivity contribution < 1.29 is 14.3 Å². The van der Waals surface area contributed by atoms with Gasteiger partial charge in [0.2, 0.25) is 0 Å². The molecule has 0 bridgehead atoms. The minimum absolute atomic E-state index is 0.00923. The van der Waals surface area contributed by atoms with Crippen LogP contribution in [0.15, 0.2) is 18.2 Å². The van der Waals surface area contributed by atoms with E-state index in [1.807, 2.05) is 23.1 Å². The van der Waals surface area contributed by atoms with Crippen LogP contribution in [0, 0.1) is 0 Å². The number of piperazine rings is 1. The number of nitrogens with one attached hydrogen (secondary N) is 1. The number of amides is 2. The van der Waals surface area contributed by atoms with Gasteiger partial charge in [-0.15, -0.1) is 0 Å². The second-order valence-electron chi connectivity index (χ2n) is 7.57. The molecule has 1 aliphatic carbocycles. The maximum Gasteiger partial charge on any atom is 0.317 e. The smallest absolute Gasteiger partial charge is 0.317 e. The second-order valence-corrected chi connectivity index (χ2v) is 7.57. The van der Waals surface area contributed by atoms with Crippen LogP contribution in [0.2, 0.25) is 0 Å². The molecule has 2 fully saturated rings. The fraction of sp³-hybridized carbons (Fsp3) is 0.650. The SMILES string of the molecule is COc1cccc2c1OCC(NC(=O)N1CCN(C3CCCC3)CC1)C2. The van der Waals surface area contributed by atoms with E-state index in [-0.39, 0.29) is 12.1 Å². The van der Waals surface area contributed by atoms with Gasteiger partial charge in [0.25, 0.3) is 0 Å². The van der Waals surface area contributed by atoms with E-state index >= 15 is 0 Å². The monoisotopic (exact) mass is 359 g/mol. The van der Waals surface area contributed by atoms with Crippen molar-refractivity contribution in [2.24, 2.45) is 0 Å². The summed E-state index contributed by atoms with van der Waals surface area (Å²) in [4.78, 5) is 17.2. The zero-order valence-electron chi connectivity index (χ0n) is 15.6. The van der Waals surface area contributed by atoms with Gasteiger partial charge in [-0.05, 0) is 25.3 Å². The molecule has 0 aromatic heterocycles. The average Bonchev–Trinajstić information content (AvgIpc) is 3.22. The molecule has 4 rings (SSSR count). The Morgan fingerprint density at radius 3 is 2.69 bits per heavy atom. The molecule has 0 spiro atoms. The summed E-state index contributed by atoms with van der Waals surface area (Å²) in [5, 5.41) is 3.15. The first-order valence-electron chi connectivity index (χ1n) is 9.83. The quantitative estimate of drug-likeness (QED) is 0.900. The minimum atomic E-state index is 0.00923. The van der Waals surface area contributed by atoms with Gasteiger partial charge in [-0.2, -0.15) is 0 Å². The highest BCUT2D eigenvalue weighted by molar-refractivity contribution is 5.74. The summed E-state index contributed by atoms with van der Waals surface area (Å²) in [6.07, 6.45) is 6.15. The van der Waals surface area contributed by atoms with E-state index in [1.54, 1.807) is 7.11 Å². The fourth-order valence-corrected chi connectivity index (χ4v) is 4.47. The Balaban J connectivity index is 1.29. The zero-order valence-corrected chi connectivity index (χ0v) is 15.6. The number of benzene rings is 1. The minimum Gasteiger partial charge on any atom is -0.493 e. The van der Waals surface area contributed by atoms with Gasteiger partial charge in [0.05, 0.1) is 13.2 Å². The normalized spacial score (nSPS) is 24.0. The van der Waals surface area contributed by atoms with Crippen LogP contribution >= 0.6 is 0 Å². The maximum absolute atomic E-state index is 12.6. The Labute approximate surface area is 155 Å². The Kier molecular flexibility index (Phi) is 5.20. The van der Waals surface area contributed by atoms with Crippen molar-refractivity contribution in [3.05, 3.63) is 23.8 Å². The number of carbonyl (C=O) groups is 1. The highest BCUT2D eigenvalue weighted by Crippen LogP contribution is 2.34. The number of carbonyl (C=O) groups excluding carboxylic acids is 1. The lowest BCUT2D eigenvalue weighted by Crippen LogP contribution is -2.56. The van der Waals surface area contributed by atoms with E-state index in [4.69, 9.17) is 9.47 Å². The number of ether oxygens (including phenoxy) is 2. The summed E-state index contributed by atoms with van der Waals surface area (Å²) in [7, 11) is 1.65. The molecule has 26 heavy (non-hydrogen) atoms. The molecule has 3 aliphatic rings. The van der Waals surface area contributed by atoms with Crippen molar-refractivity contribution >= 4 is 6.03 Å². The van der Waals surface area contributed by atoms with Crippen molar-refractivity contribution in [3.63, 3.8) is 0 Å². The summed E-state index contributed by atoms with van der Waals surface area (Å²) in [6, 6.07) is 6.70. The molecule has 2 amide bonds. The Morgan fingerprint density at radius 1 is 1.19 bits per heavy atom. The average molecular weight is 359 g/mol. The summed E-state index contributed by atoms with van der Waals surface area (Å²) in [6.45, 7) is 4.13. The second kappa shape index (κ2) is 7.74. The molecule has 1 aromatic rings. The Morgan fingerprint density at radius 2 is 1.96 bits per heavy atom. The Bertz CT molecular complexity index is 637. The summed E-state index contributed by atoms with van der Waals surface area (Å²) >= 11 is 0. The maximum atomic E-state index is 12.6. The molecule has 1 N–H and O–H groups in total. The molecular weight excluding hydrogens is 330 g/mol. The van der Waals surface area contributed by atoms with E-state index in [9.17, 15) is 4.79 Å². The van der Waals surface area contributed by atoms with Crippen molar-refractivity contribution in [3.8, 4) is 11.5 Å². The van der Waals surface area contributed by atoms with Crippen LogP contribution in [-0.2, 0) is 6.42 Å². The molecule has 1 unspecified atom stereocenters. The van der Waals surface area contributed by atoms with E-state index in [1.165, 1.54) is 25.7 Å². The van der Waals surface area contributed by atoms with Gasteiger partial charge in [-0.1, -0.05) is 25.0 Å². The third-order valence-electron chi connectivity index (χ3n) is 5.95. The van der Waals surface area contributed by atoms with Crippen molar-refractivity contribution in [2.75, 3.05) is 39.9 Å². The number of urea groups is 1. The number of para-hydroxylation sites is 1. The van der Waals surface area contributed by atoms with Gasteiger partial charge >= 0.3 is 6.03 Å². The van der Waals surface area contributed by atoms with Gasteiger partial charge < -0.3 is 19.7 Å². The molecule has 1 saturated heterocycles. The number of rotatable bonds is 3. The van der Waals surface area contributed by atoms with Gasteiger partial charge in [0, 0.05) is 37.8 Å². The summed E-state index contributed by atoms with van der Waals surface area (Å²) < 4.78 is 11.2. The van der Waals surface area contributed by atoms with Gasteiger partial charge in [0.15, 0.2) is 11.5 Å². The molecule has 1 atom stereocenters. The first kappa shape index (κ1) is 17.5. The zero-order chi connectivity index (χ0) is 17.9. The lowest BCUT2D eigenvalue weighted by Gasteiger charge is -2.38. The van der Waals surface area contributed by atoms with Crippen LogP contribution in [0.4, 0.5) is 4.79 Å². The van der Waals surface area contributed by atoms with E-state index in [0.717, 1.165) is 55.7 Å².